The van der Waals surface area contributed by atoms with Gasteiger partial charge in [0.05, 0.1) is 32.5 Å². The van der Waals surface area contributed by atoms with Crippen molar-refractivity contribution in [1.29, 1.82) is 0 Å². The van der Waals surface area contributed by atoms with Crippen LogP contribution in [0.4, 0.5) is 11.4 Å². The topological polar surface area (TPSA) is 190 Å². The summed E-state index contributed by atoms with van der Waals surface area (Å²) in [6.07, 6.45) is -1.40. The van der Waals surface area contributed by atoms with Gasteiger partial charge in [0.25, 0.3) is 0 Å². The average molecular weight is 606 g/mol. The first-order chi connectivity index (χ1) is 19.3. The Labute approximate surface area is 243 Å². The Hall–Kier alpha value is -1.62. The van der Waals surface area contributed by atoms with E-state index in [0.717, 1.165) is 18.1 Å². The Morgan fingerprint density at radius 3 is 2.48 bits per heavy atom. The average Bonchev–Trinajstić information content (AvgIpc) is 3.48. The summed E-state index contributed by atoms with van der Waals surface area (Å²) in [5.74, 6) is 0.902. The summed E-state index contributed by atoms with van der Waals surface area (Å²) in [5, 5.41) is 57.0. The normalized spacial score (nSPS) is 18.1. The number of carbonyl (C=O) groups is 2. The molecule has 8 N–H and O–H groups in total. The minimum atomic E-state index is -1.71. The molecule has 0 saturated carbocycles. The van der Waals surface area contributed by atoms with Gasteiger partial charge in [0, 0.05) is 41.9 Å². The maximum absolute atomic E-state index is 12.1. The van der Waals surface area contributed by atoms with Crippen LogP contribution in [0.2, 0.25) is 0 Å². The van der Waals surface area contributed by atoms with Crippen molar-refractivity contribution in [2.75, 3.05) is 62.5 Å². The highest BCUT2D eigenvalue weighted by Gasteiger charge is 2.29. The van der Waals surface area contributed by atoms with Crippen molar-refractivity contribution < 1.29 is 44.6 Å². The van der Waals surface area contributed by atoms with E-state index in [2.05, 4.69) is 16.0 Å². The quantitative estimate of drug-likeness (QED) is 0.0710. The minimum absolute atomic E-state index is 0.0368. The number of hydrogen-bond acceptors (Lipinski definition) is 12. The van der Waals surface area contributed by atoms with Crippen molar-refractivity contribution in [3.8, 4) is 0 Å². The molecule has 2 amide bonds. The Kier molecular flexibility index (Phi) is 17.5. The van der Waals surface area contributed by atoms with Crippen LogP contribution in [0.1, 0.15) is 32.1 Å². The maximum atomic E-state index is 12.1. The number of unbranched alkanes of at least 4 members (excludes halogenated alkanes) is 1. The van der Waals surface area contributed by atoms with Crippen LogP contribution in [0.5, 0.6) is 0 Å². The standard InChI is InChI=1S/C26H43N3O9S2/c30-16-22(32)26(36)25(35)21(31)15-28-18-4-3-5-19(14-18)29-24(34)17-38-12-11-37-10-9-27-23(33)7-2-1-6-20-8-13-39-40-20/h3-5,14,20-22,25-26,28,30-32,35-36H,1-2,6-13,15-17H2,(H,27,33)(H,29,34)/t20?,21?,22?,25-,26+/m1/s1. The van der Waals surface area contributed by atoms with Crippen LogP contribution in [-0.2, 0) is 19.1 Å². The van der Waals surface area contributed by atoms with Gasteiger partial charge in [-0.1, -0.05) is 34.1 Å². The summed E-state index contributed by atoms with van der Waals surface area (Å²) in [6.45, 7) is 0.223. The van der Waals surface area contributed by atoms with Gasteiger partial charge >= 0.3 is 0 Å². The fourth-order valence-electron chi connectivity index (χ4n) is 3.77. The molecule has 2 rings (SSSR count). The van der Waals surface area contributed by atoms with E-state index in [1.165, 1.54) is 18.6 Å². The summed E-state index contributed by atoms with van der Waals surface area (Å²) in [7, 11) is 3.91. The second-order valence-corrected chi connectivity index (χ2v) is 12.2. The minimum Gasteiger partial charge on any atom is -0.394 e. The van der Waals surface area contributed by atoms with Gasteiger partial charge in [0.1, 0.15) is 24.9 Å². The zero-order chi connectivity index (χ0) is 29.2. The van der Waals surface area contributed by atoms with E-state index in [9.17, 15) is 30.0 Å². The van der Waals surface area contributed by atoms with Crippen LogP contribution < -0.4 is 16.0 Å². The summed E-state index contributed by atoms with van der Waals surface area (Å²) in [4.78, 5) is 24.0. The number of aliphatic hydroxyl groups is 5. The van der Waals surface area contributed by atoms with Gasteiger partial charge in [-0.05, 0) is 37.5 Å². The third-order valence-electron chi connectivity index (χ3n) is 6.07. The zero-order valence-electron chi connectivity index (χ0n) is 22.6. The second kappa shape index (κ2) is 20.3. The molecular formula is C26H43N3O9S2. The lowest BCUT2D eigenvalue weighted by molar-refractivity contribution is -0.122. The molecular weight excluding hydrogens is 562 g/mol. The zero-order valence-corrected chi connectivity index (χ0v) is 24.2. The Balaban J connectivity index is 1.50. The summed E-state index contributed by atoms with van der Waals surface area (Å²) in [6, 6.07) is 6.63. The number of aliphatic hydroxyl groups excluding tert-OH is 5. The molecule has 1 aromatic carbocycles. The van der Waals surface area contributed by atoms with Crippen molar-refractivity contribution in [2.24, 2.45) is 0 Å². The van der Waals surface area contributed by atoms with Crippen LogP contribution in [0.3, 0.4) is 0 Å². The summed E-state index contributed by atoms with van der Waals surface area (Å²) >= 11 is 0. The highest BCUT2D eigenvalue weighted by molar-refractivity contribution is 8.77. The highest BCUT2D eigenvalue weighted by atomic mass is 33.1. The van der Waals surface area contributed by atoms with Crippen molar-refractivity contribution in [1.82, 2.24) is 5.32 Å². The number of ether oxygens (including phenoxy) is 2. The highest BCUT2D eigenvalue weighted by Crippen LogP contribution is 2.39. The first kappa shape index (κ1) is 34.6. The van der Waals surface area contributed by atoms with Crippen molar-refractivity contribution >= 4 is 44.8 Å². The fourth-order valence-corrected chi connectivity index (χ4v) is 6.80. The molecule has 1 fully saturated rings. The number of amides is 2. The van der Waals surface area contributed by atoms with Crippen molar-refractivity contribution in [2.45, 2.75) is 61.8 Å². The van der Waals surface area contributed by atoms with Gasteiger partial charge in [-0.15, -0.1) is 0 Å². The smallest absolute Gasteiger partial charge is 0.250 e. The lowest BCUT2D eigenvalue weighted by atomic mass is 10.0. The molecule has 0 bridgehead atoms. The fraction of sp³-hybridized carbons (Fsp3) is 0.692. The van der Waals surface area contributed by atoms with Crippen LogP contribution in [-0.4, -0.2) is 119 Å². The van der Waals surface area contributed by atoms with Gasteiger partial charge in [-0.25, -0.2) is 0 Å². The van der Waals surface area contributed by atoms with Gasteiger partial charge in [-0.2, -0.15) is 0 Å². The maximum Gasteiger partial charge on any atom is 0.250 e. The van der Waals surface area contributed by atoms with Gasteiger partial charge in [-0.3, -0.25) is 9.59 Å². The van der Waals surface area contributed by atoms with E-state index in [0.29, 0.717) is 30.9 Å². The number of carbonyl (C=O) groups excluding carboxylic acids is 2. The monoisotopic (exact) mass is 605 g/mol. The van der Waals surface area contributed by atoms with E-state index in [1.54, 1.807) is 24.3 Å². The second-order valence-electron chi connectivity index (χ2n) is 9.40. The van der Waals surface area contributed by atoms with Gasteiger partial charge in [0.2, 0.25) is 11.8 Å². The molecule has 1 heterocycles. The molecule has 228 valence electrons. The largest absolute Gasteiger partial charge is 0.394 e. The molecule has 1 aliphatic heterocycles. The number of nitrogens with one attached hydrogen (secondary N) is 3. The molecule has 1 saturated heterocycles. The van der Waals surface area contributed by atoms with Gasteiger partial charge < -0.3 is 51.0 Å². The van der Waals surface area contributed by atoms with Crippen LogP contribution >= 0.6 is 21.6 Å². The Morgan fingerprint density at radius 1 is 0.975 bits per heavy atom. The van der Waals surface area contributed by atoms with Crippen LogP contribution in [0.15, 0.2) is 24.3 Å². The number of rotatable bonds is 21. The molecule has 14 heteroatoms. The molecule has 3 unspecified atom stereocenters. The number of anilines is 2. The van der Waals surface area contributed by atoms with Gasteiger partial charge in [0.15, 0.2) is 0 Å². The third kappa shape index (κ3) is 14.3. The van der Waals surface area contributed by atoms with E-state index in [-0.39, 0.29) is 38.2 Å². The molecule has 0 aliphatic carbocycles. The Morgan fingerprint density at radius 2 is 1.73 bits per heavy atom. The Bertz CT molecular complexity index is 864. The third-order valence-corrected chi connectivity index (χ3v) is 9.07. The summed E-state index contributed by atoms with van der Waals surface area (Å²) < 4.78 is 10.7. The predicted molar refractivity (Wildman–Crippen MR) is 156 cm³/mol. The molecule has 1 aliphatic rings. The number of hydrogen-bond donors (Lipinski definition) is 8. The van der Waals surface area contributed by atoms with E-state index >= 15 is 0 Å². The molecule has 0 aromatic heterocycles. The van der Waals surface area contributed by atoms with E-state index in [4.69, 9.17) is 14.6 Å². The first-order valence-electron chi connectivity index (χ1n) is 13.5. The van der Waals surface area contributed by atoms with Crippen LogP contribution in [0.25, 0.3) is 0 Å². The molecule has 1 aromatic rings. The molecule has 12 nitrogen and oxygen atoms in total. The lowest BCUT2D eigenvalue weighted by Gasteiger charge is -2.26. The molecule has 0 radical (unpaired) electrons. The first-order valence-corrected chi connectivity index (χ1v) is 15.9. The van der Waals surface area contributed by atoms with E-state index < -0.39 is 31.0 Å². The SMILES string of the molecule is O=C(CCCCC1CCSS1)NCCOCCOCC(=O)Nc1cccc(NCC(O)[C@@H](O)[C@@H](O)C(O)CO)c1. The molecule has 5 atom stereocenters. The van der Waals surface area contributed by atoms with Crippen LogP contribution in [0, 0.1) is 0 Å². The van der Waals surface area contributed by atoms with E-state index in [1.807, 2.05) is 21.6 Å². The molecule has 0 spiro atoms. The number of benzene rings is 1. The lowest BCUT2D eigenvalue weighted by Crippen LogP contribution is -2.48. The molecule has 40 heavy (non-hydrogen) atoms. The predicted octanol–water partition coefficient (Wildman–Crippen LogP) is 0.336. The summed E-state index contributed by atoms with van der Waals surface area (Å²) in [5.41, 5.74) is 1.01. The van der Waals surface area contributed by atoms with Crippen molar-refractivity contribution in [3.05, 3.63) is 24.3 Å². The van der Waals surface area contributed by atoms with Crippen molar-refractivity contribution in [3.63, 3.8) is 0 Å².